The number of aliphatic carboxylic acids is 1. The Morgan fingerprint density at radius 1 is 1.25 bits per heavy atom. The third kappa shape index (κ3) is 7.47. The van der Waals surface area contributed by atoms with Crippen molar-refractivity contribution in [3.63, 3.8) is 0 Å². The molecule has 2 N–H and O–H groups in total. The molecule has 32 heavy (non-hydrogen) atoms. The SMILES string of the molecule is CC(C)C[C@@H](/C=C/C(=O)N1CCc2ccccc21)CC(=O)[C@@H]1CCN1.O=C(O)C(F)(F)F. The highest BCUT2D eigenvalue weighted by molar-refractivity contribution is 6.02. The van der Waals surface area contributed by atoms with E-state index in [1.54, 1.807) is 6.08 Å². The second-order valence-electron chi connectivity index (χ2n) is 8.39. The molecule has 0 spiro atoms. The van der Waals surface area contributed by atoms with Crippen LogP contribution in [-0.4, -0.2) is 48.1 Å². The van der Waals surface area contributed by atoms with Gasteiger partial charge in [0, 0.05) is 18.7 Å². The lowest BCUT2D eigenvalue weighted by atomic mass is 9.88. The van der Waals surface area contributed by atoms with Crippen molar-refractivity contribution in [1.82, 2.24) is 5.32 Å². The molecule has 2 aliphatic rings. The Bertz CT molecular complexity index is 848. The number of alkyl halides is 3. The van der Waals surface area contributed by atoms with Gasteiger partial charge in [0.2, 0.25) is 0 Å². The summed E-state index contributed by atoms with van der Waals surface area (Å²) in [6.07, 6.45) is 1.86. The quantitative estimate of drug-likeness (QED) is 0.613. The maximum Gasteiger partial charge on any atom is 0.490 e. The van der Waals surface area contributed by atoms with E-state index >= 15 is 0 Å². The summed E-state index contributed by atoms with van der Waals surface area (Å²) in [5.41, 5.74) is 2.25. The van der Waals surface area contributed by atoms with Crippen LogP contribution in [0.4, 0.5) is 18.9 Å². The summed E-state index contributed by atoms with van der Waals surface area (Å²) in [4.78, 5) is 35.7. The summed E-state index contributed by atoms with van der Waals surface area (Å²) in [7, 11) is 0. The van der Waals surface area contributed by atoms with Crippen LogP contribution in [0, 0.1) is 11.8 Å². The van der Waals surface area contributed by atoms with Crippen molar-refractivity contribution in [2.24, 2.45) is 11.8 Å². The van der Waals surface area contributed by atoms with Gasteiger partial charge in [-0.25, -0.2) is 4.79 Å². The van der Waals surface area contributed by atoms with Crippen LogP contribution in [-0.2, 0) is 20.8 Å². The average molecular weight is 454 g/mol. The topological polar surface area (TPSA) is 86.7 Å². The van der Waals surface area contributed by atoms with Gasteiger partial charge in [0.1, 0.15) is 5.78 Å². The van der Waals surface area contributed by atoms with Crippen LogP contribution in [0.3, 0.4) is 0 Å². The van der Waals surface area contributed by atoms with Crippen molar-refractivity contribution in [3.05, 3.63) is 42.0 Å². The number of hydrogen-bond donors (Lipinski definition) is 2. The van der Waals surface area contributed by atoms with Gasteiger partial charge in [0.15, 0.2) is 0 Å². The van der Waals surface area contributed by atoms with E-state index in [4.69, 9.17) is 9.90 Å². The van der Waals surface area contributed by atoms with Crippen LogP contribution >= 0.6 is 0 Å². The van der Waals surface area contributed by atoms with E-state index in [0.717, 1.165) is 38.0 Å². The van der Waals surface area contributed by atoms with E-state index < -0.39 is 12.1 Å². The van der Waals surface area contributed by atoms with Gasteiger partial charge in [-0.05, 0) is 55.3 Å². The lowest BCUT2D eigenvalue weighted by molar-refractivity contribution is -0.192. The molecule has 2 atom stereocenters. The number of carboxylic acids is 1. The van der Waals surface area contributed by atoms with Crippen molar-refractivity contribution in [3.8, 4) is 0 Å². The third-order valence-corrected chi connectivity index (χ3v) is 5.36. The van der Waals surface area contributed by atoms with Gasteiger partial charge in [0.25, 0.3) is 5.91 Å². The van der Waals surface area contributed by atoms with E-state index in [-0.39, 0.29) is 23.7 Å². The fourth-order valence-corrected chi connectivity index (χ4v) is 3.68. The summed E-state index contributed by atoms with van der Waals surface area (Å²) >= 11 is 0. The second kappa shape index (κ2) is 11.3. The number of hydrogen-bond acceptors (Lipinski definition) is 4. The number of benzene rings is 1. The summed E-state index contributed by atoms with van der Waals surface area (Å²) in [5, 5.41) is 10.3. The van der Waals surface area contributed by atoms with E-state index in [9.17, 15) is 22.8 Å². The van der Waals surface area contributed by atoms with Crippen LogP contribution in [0.1, 0.15) is 38.7 Å². The number of nitrogens with one attached hydrogen (secondary N) is 1. The molecule has 1 saturated heterocycles. The molecule has 2 aliphatic heterocycles. The van der Waals surface area contributed by atoms with Crippen molar-refractivity contribution >= 4 is 23.3 Å². The molecule has 0 unspecified atom stereocenters. The van der Waals surface area contributed by atoms with Crippen LogP contribution in [0.25, 0.3) is 0 Å². The zero-order valence-electron chi connectivity index (χ0n) is 18.2. The molecular formula is C23H29F3N2O4. The number of para-hydroxylation sites is 1. The Labute approximate surface area is 185 Å². The summed E-state index contributed by atoms with van der Waals surface area (Å²) in [6, 6.07) is 8.11. The number of amides is 1. The van der Waals surface area contributed by atoms with Gasteiger partial charge in [-0.2, -0.15) is 13.2 Å². The smallest absolute Gasteiger partial charge is 0.475 e. The van der Waals surface area contributed by atoms with Crippen molar-refractivity contribution in [2.45, 2.75) is 51.7 Å². The van der Waals surface area contributed by atoms with Gasteiger partial charge in [-0.3, -0.25) is 9.59 Å². The molecule has 1 amide bonds. The Hall–Kier alpha value is -2.68. The number of rotatable bonds is 7. The van der Waals surface area contributed by atoms with E-state index in [0.29, 0.717) is 12.3 Å². The maximum atomic E-state index is 12.6. The molecule has 0 aliphatic carbocycles. The Morgan fingerprint density at radius 3 is 2.41 bits per heavy atom. The maximum absolute atomic E-state index is 12.6. The zero-order chi connectivity index (χ0) is 23.9. The number of halogens is 3. The molecule has 0 bridgehead atoms. The predicted molar refractivity (Wildman–Crippen MR) is 114 cm³/mol. The number of nitrogens with zero attached hydrogens (tertiary/aromatic N) is 1. The minimum absolute atomic E-state index is 0.0212. The van der Waals surface area contributed by atoms with Gasteiger partial charge >= 0.3 is 12.1 Å². The molecule has 1 aromatic carbocycles. The first-order valence-electron chi connectivity index (χ1n) is 10.6. The number of carbonyl (C=O) groups is 3. The standard InChI is InChI=1S/C21H28N2O2.C2HF3O2/c1-15(2)13-16(14-20(24)18-9-11-22-18)7-8-21(25)23-12-10-17-5-3-4-6-19(17)23;3-2(4,5)1(6)7/h3-8,15-16,18,22H,9-14H2,1-2H3;(H,6,7)/b8-7+;/t16-,18+;/m1./s1. The molecule has 2 heterocycles. The van der Waals surface area contributed by atoms with E-state index in [2.05, 4.69) is 25.2 Å². The third-order valence-electron chi connectivity index (χ3n) is 5.36. The fourth-order valence-electron chi connectivity index (χ4n) is 3.68. The van der Waals surface area contributed by atoms with Crippen molar-refractivity contribution < 1.29 is 32.7 Å². The lowest BCUT2D eigenvalue weighted by Crippen LogP contribution is -2.48. The Kier molecular flexibility index (Phi) is 9.00. The first kappa shape index (κ1) is 25.6. The zero-order valence-corrected chi connectivity index (χ0v) is 18.2. The molecule has 176 valence electrons. The van der Waals surface area contributed by atoms with Crippen LogP contribution < -0.4 is 10.2 Å². The van der Waals surface area contributed by atoms with E-state index in [1.165, 1.54) is 5.56 Å². The van der Waals surface area contributed by atoms with Gasteiger partial charge in [-0.1, -0.05) is 38.1 Å². The first-order valence-corrected chi connectivity index (χ1v) is 10.6. The summed E-state index contributed by atoms with van der Waals surface area (Å²) < 4.78 is 31.7. The highest BCUT2D eigenvalue weighted by Crippen LogP contribution is 2.28. The molecule has 0 radical (unpaired) electrons. The summed E-state index contributed by atoms with van der Waals surface area (Å²) in [6.45, 7) is 5.99. The largest absolute Gasteiger partial charge is 0.490 e. The number of allylic oxidation sites excluding steroid dienone is 1. The number of carboxylic acid groups (broad SMARTS) is 1. The summed E-state index contributed by atoms with van der Waals surface area (Å²) in [5.74, 6) is -1.82. The minimum Gasteiger partial charge on any atom is -0.475 e. The highest BCUT2D eigenvalue weighted by atomic mass is 19.4. The molecule has 1 fully saturated rings. The molecule has 9 heteroatoms. The molecule has 0 saturated carbocycles. The van der Waals surface area contributed by atoms with Crippen LogP contribution in [0.15, 0.2) is 36.4 Å². The minimum atomic E-state index is -5.08. The highest BCUT2D eigenvalue weighted by Gasteiger charge is 2.38. The van der Waals surface area contributed by atoms with Crippen molar-refractivity contribution in [2.75, 3.05) is 18.0 Å². The normalized spacial score (nSPS) is 18.6. The van der Waals surface area contributed by atoms with Crippen molar-refractivity contribution in [1.29, 1.82) is 0 Å². The number of ketones is 1. The molecule has 0 aromatic heterocycles. The monoisotopic (exact) mass is 454 g/mol. The van der Waals surface area contributed by atoms with Gasteiger partial charge in [-0.15, -0.1) is 0 Å². The number of Topliss-reactive ketones (excluding diaryl/α,β-unsaturated/α-hetero) is 1. The molecule has 1 aromatic rings. The number of anilines is 1. The predicted octanol–water partition coefficient (Wildman–Crippen LogP) is 3.75. The van der Waals surface area contributed by atoms with E-state index in [1.807, 2.05) is 29.2 Å². The van der Waals surface area contributed by atoms with Gasteiger partial charge in [0.05, 0.1) is 6.04 Å². The van der Waals surface area contributed by atoms with Crippen LogP contribution in [0.2, 0.25) is 0 Å². The molecular weight excluding hydrogens is 425 g/mol. The second-order valence-corrected chi connectivity index (χ2v) is 8.39. The number of fused-ring (bicyclic) bond motifs is 1. The molecule has 6 nitrogen and oxygen atoms in total. The average Bonchev–Trinajstić information content (AvgIpc) is 3.08. The Balaban J connectivity index is 0.000000451. The van der Waals surface area contributed by atoms with Gasteiger partial charge < -0.3 is 15.3 Å². The fraction of sp³-hybridized carbons (Fsp3) is 0.522. The first-order chi connectivity index (χ1) is 15.0. The van der Waals surface area contributed by atoms with Crippen LogP contribution in [0.5, 0.6) is 0 Å². The Morgan fingerprint density at radius 2 is 1.88 bits per heavy atom. The molecule has 3 rings (SSSR count). The number of carbonyl (C=O) groups excluding carboxylic acids is 2. The lowest BCUT2D eigenvalue weighted by Gasteiger charge is -2.27.